The van der Waals surface area contributed by atoms with Gasteiger partial charge in [0, 0.05) is 17.2 Å². The maximum Gasteiger partial charge on any atom is 0.166 e. The molecule has 5 heteroatoms. The fourth-order valence-electron chi connectivity index (χ4n) is 5.04. The van der Waals surface area contributed by atoms with Crippen molar-refractivity contribution in [3.05, 3.63) is 88.7 Å². The first-order valence-electron chi connectivity index (χ1n) is 13.5. The van der Waals surface area contributed by atoms with Crippen molar-refractivity contribution in [1.29, 1.82) is 0 Å². The van der Waals surface area contributed by atoms with Crippen LogP contribution in [0.1, 0.15) is 80.9 Å². The molecule has 1 saturated carbocycles. The number of unbranched alkanes of at least 4 members (excludes halogenated alkanes) is 3. The molecule has 0 N–H and O–H groups in total. The average molecular weight is 511 g/mol. The van der Waals surface area contributed by atoms with Gasteiger partial charge in [0.1, 0.15) is 11.6 Å². The summed E-state index contributed by atoms with van der Waals surface area (Å²) in [5, 5.41) is 0. The van der Waals surface area contributed by atoms with Gasteiger partial charge >= 0.3 is 0 Å². The van der Waals surface area contributed by atoms with E-state index in [0.29, 0.717) is 41.9 Å². The van der Waals surface area contributed by atoms with Gasteiger partial charge in [0.2, 0.25) is 0 Å². The lowest BCUT2D eigenvalue weighted by Crippen LogP contribution is -2.21. The van der Waals surface area contributed by atoms with Crippen molar-refractivity contribution in [3.63, 3.8) is 0 Å². The highest BCUT2D eigenvalue weighted by molar-refractivity contribution is 5.65. The lowest BCUT2D eigenvalue weighted by molar-refractivity contribution is 0.0118. The standard InChI is InChI=1S/C32H37F3O2/c1-3-4-5-6-19-36-27-16-13-25(30(33)20-27)21-37-26-14-11-24(12-15-26)29-18-17-28(31(34)32(29)35)23-9-7-22(2)8-10-23/h7-10,13,16-18,20,24,26H,3-6,11-12,14-15,19,21H2,1-2H3. The second kappa shape index (κ2) is 13.1. The van der Waals surface area contributed by atoms with E-state index in [1.165, 1.54) is 18.9 Å². The van der Waals surface area contributed by atoms with Gasteiger partial charge in [-0.15, -0.1) is 0 Å². The minimum Gasteiger partial charge on any atom is -0.493 e. The highest BCUT2D eigenvalue weighted by Crippen LogP contribution is 2.38. The molecular weight excluding hydrogens is 473 g/mol. The van der Waals surface area contributed by atoms with Crippen LogP contribution < -0.4 is 4.74 Å². The molecule has 37 heavy (non-hydrogen) atoms. The van der Waals surface area contributed by atoms with Crippen LogP contribution in [0.5, 0.6) is 5.75 Å². The number of aryl methyl sites for hydroxylation is 1. The van der Waals surface area contributed by atoms with E-state index in [-0.39, 0.29) is 30.0 Å². The average Bonchev–Trinajstić information content (AvgIpc) is 2.91. The van der Waals surface area contributed by atoms with Gasteiger partial charge in [0.05, 0.1) is 19.3 Å². The smallest absolute Gasteiger partial charge is 0.166 e. The van der Waals surface area contributed by atoms with Crippen LogP contribution in [0.3, 0.4) is 0 Å². The van der Waals surface area contributed by atoms with E-state index in [4.69, 9.17) is 9.47 Å². The maximum atomic E-state index is 15.0. The molecule has 0 unspecified atom stereocenters. The molecule has 198 valence electrons. The summed E-state index contributed by atoms with van der Waals surface area (Å²) in [7, 11) is 0. The van der Waals surface area contributed by atoms with Gasteiger partial charge in [0.15, 0.2) is 11.6 Å². The Morgan fingerprint density at radius 2 is 1.57 bits per heavy atom. The molecule has 0 radical (unpaired) electrons. The highest BCUT2D eigenvalue weighted by Gasteiger charge is 2.27. The summed E-state index contributed by atoms with van der Waals surface area (Å²) in [6.07, 6.45) is 7.28. The topological polar surface area (TPSA) is 18.5 Å². The van der Waals surface area contributed by atoms with Crippen molar-refractivity contribution in [3.8, 4) is 16.9 Å². The largest absolute Gasteiger partial charge is 0.493 e. The van der Waals surface area contributed by atoms with E-state index in [1.807, 2.05) is 31.2 Å². The molecule has 0 bridgehead atoms. The molecule has 1 aliphatic rings. The number of hydrogen-bond acceptors (Lipinski definition) is 2. The van der Waals surface area contributed by atoms with Gasteiger partial charge in [0.25, 0.3) is 0 Å². The first kappa shape index (κ1) is 27.3. The number of rotatable bonds is 11. The Bertz CT molecular complexity index is 1150. The van der Waals surface area contributed by atoms with Crippen LogP contribution in [-0.2, 0) is 11.3 Å². The van der Waals surface area contributed by atoms with Crippen LogP contribution in [0.15, 0.2) is 54.6 Å². The van der Waals surface area contributed by atoms with Crippen molar-refractivity contribution in [2.75, 3.05) is 6.61 Å². The van der Waals surface area contributed by atoms with E-state index in [1.54, 1.807) is 24.3 Å². The molecule has 2 nitrogen and oxygen atoms in total. The quantitative estimate of drug-likeness (QED) is 0.239. The predicted octanol–water partition coefficient (Wildman–Crippen LogP) is 9.28. The Balaban J connectivity index is 1.27. The molecule has 0 saturated heterocycles. The molecule has 1 aliphatic carbocycles. The molecule has 0 atom stereocenters. The Morgan fingerprint density at radius 3 is 2.27 bits per heavy atom. The first-order valence-corrected chi connectivity index (χ1v) is 13.5. The van der Waals surface area contributed by atoms with Crippen LogP contribution in [0, 0.1) is 24.4 Å². The first-order chi connectivity index (χ1) is 18.0. The fraction of sp³-hybridized carbons (Fsp3) is 0.438. The molecule has 0 heterocycles. The zero-order chi connectivity index (χ0) is 26.2. The molecular formula is C32H37F3O2. The van der Waals surface area contributed by atoms with Gasteiger partial charge in [-0.25, -0.2) is 13.2 Å². The third kappa shape index (κ3) is 7.16. The van der Waals surface area contributed by atoms with Gasteiger partial charge in [-0.1, -0.05) is 74.2 Å². The summed E-state index contributed by atoms with van der Waals surface area (Å²) in [6, 6.07) is 15.8. The van der Waals surface area contributed by atoms with Crippen LogP contribution in [0.25, 0.3) is 11.1 Å². The minimum absolute atomic E-state index is 0.0233. The molecule has 4 rings (SSSR count). The Hall–Kier alpha value is -2.79. The van der Waals surface area contributed by atoms with E-state index >= 15 is 4.39 Å². The van der Waals surface area contributed by atoms with Crippen LogP contribution in [-0.4, -0.2) is 12.7 Å². The third-order valence-corrected chi connectivity index (χ3v) is 7.35. The fourth-order valence-corrected chi connectivity index (χ4v) is 5.04. The van der Waals surface area contributed by atoms with Crippen molar-refractivity contribution in [2.45, 2.75) is 83.8 Å². The molecule has 3 aromatic carbocycles. The van der Waals surface area contributed by atoms with Crippen molar-refractivity contribution in [1.82, 2.24) is 0 Å². The molecule has 0 aliphatic heterocycles. The second-order valence-electron chi connectivity index (χ2n) is 10.1. The highest BCUT2D eigenvalue weighted by atomic mass is 19.2. The lowest BCUT2D eigenvalue weighted by atomic mass is 9.82. The molecule has 1 fully saturated rings. The van der Waals surface area contributed by atoms with Crippen molar-refractivity contribution >= 4 is 0 Å². The van der Waals surface area contributed by atoms with Gasteiger partial charge in [-0.3, -0.25) is 0 Å². The summed E-state index contributed by atoms with van der Waals surface area (Å²) in [4.78, 5) is 0. The Kier molecular flexibility index (Phi) is 9.68. The van der Waals surface area contributed by atoms with Gasteiger partial charge in [-0.05, 0) is 62.1 Å². The van der Waals surface area contributed by atoms with E-state index in [9.17, 15) is 8.78 Å². The van der Waals surface area contributed by atoms with Crippen LogP contribution in [0.2, 0.25) is 0 Å². The van der Waals surface area contributed by atoms with Crippen LogP contribution in [0.4, 0.5) is 13.2 Å². The summed E-state index contributed by atoms with van der Waals surface area (Å²) < 4.78 is 56.1. The molecule has 0 spiro atoms. The predicted molar refractivity (Wildman–Crippen MR) is 142 cm³/mol. The zero-order valence-electron chi connectivity index (χ0n) is 21.9. The Morgan fingerprint density at radius 1 is 0.811 bits per heavy atom. The number of ether oxygens (including phenoxy) is 2. The summed E-state index contributed by atoms with van der Waals surface area (Å²) >= 11 is 0. The summed E-state index contributed by atoms with van der Waals surface area (Å²) in [5.41, 5.74) is 2.96. The molecule has 0 aromatic heterocycles. The number of benzene rings is 3. The third-order valence-electron chi connectivity index (χ3n) is 7.35. The maximum absolute atomic E-state index is 15.0. The van der Waals surface area contributed by atoms with Crippen molar-refractivity contribution < 1.29 is 22.6 Å². The number of hydrogen-bond donors (Lipinski definition) is 0. The Labute approximate surface area is 218 Å². The summed E-state index contributed by atoms with van der Waals surface area (Å²) in [6.45, 7) is 4.90. The monoisotopic (exact) mass is 510 g/mol. The van der Waals surface area contributed by atoms with Crippen molar-refractivity contribution in [2.24, 2.45) is 0 Å². The lowest BCUT2D eigenvalue weighted by Gasteiger charge is -2.29. The zero-order valence-corrected chi connectivity index (χ0v) is 21.9. The van der Waals surface area contributed by atoms with E-state index in [0.717, 1.165) is 31.2 Å². The number of halogens is 3. The second-order valence-corrected chi connectivity index (χ2v) is 10.1. The van der Waals surface area contributed by atoms with E-state index < -0.39 is 11.6 Å². The molecule has 0 amide bonds. The minimum atomic E-state index is -0.788. The SMILES string of the molecule is CCCCCCOc1ccc(COC2CCC(c3ccc(-c4ccc(C)cc4)c(F)c3F)CC2)c(F)c1. The normalized spacial score (nSPS) is 17.6. The van der Waals surface area contributed by atoms with E-state index in [2.05, 4.69) is 6.92 Å². The summed E-state index contributed by atoms with van der Waals surface area (Å²) in [5.74, 6) is -1.38. The van der Waals surface area contributed by atoms with Gasteiger partial charge in [-0.2, -0.15) is 0 Å². The molecule has 3 aromatic rings. The van der Waals surface area contributed by atoms with Crippen LogP contribution >= 0.6 is 0 Å². The van der Waals surface area contributed by atoms with Gasteiger partial charge < -0.3 is 9.47 Å².